The first-order valence-electron chi connectivity index (χ1n) is 9.35. The summed E-state index contributed by atoms with van der Waals surface area (Å²) in [6.07, 6.45) is 2.25. The van der Waals surface area contributed by atoms with Gasteiger partial charge in [-0.05, 0) is 18.1 Å². The normalized spacial score (nSPS) is 24.6. The fourth-order valence-electron chi connectivity index (χ4n) is 4.56. The quantitative estimate of drug-likeness (QED) is 0.883. The molecule has 4 rings (SSSR count). The van der Waals surface area contributed by atoms with Crippen molar-refractivity contribution in [1.82, 2.24) is 14.8 Å². The highest BCUT2D eigenvalue weighted by Crippen LogP contribution is 2.41. The minimum atomic E-state index is -0.220. The number of H-pyrrole nitrogens is 1. The standard InChI is InChI=1S/C21H23N3O3/c1-14(25)24-13-17(15-5-3-2-4-6-15)18-12-23(10-9-19(18)24)21(27)16-7-8-20(26)22-11-16/h2-8,11,17-19H,9-10,12-13H2,1H3,(H,22,26)/t17-,18-,19-/m1/s1. The van der Waals surface area contributed by atoms with E-state index in [4.69, 9.17) is 0 Å². The van der Waals surface area contributed by atoms with Crippen molar-refractivity contribution in [3.05, 3.63) is 70.1 Å². The molecule has 0 saturated carbocycles. The molecule has 3 heterocycles. The van der Waals surface area contributed by atoms with E-state index in [0.29, 0.717) is 25.2 Å². The van der Waals surface area contributed by atoms with Crippen LogP contribution in [0.2, 0.25) is 0 Å². The average Bonchev–Trinajstić information content (AvgIpc) is 3.08. The molecule has 0 bridgehead atoms. The zero-order valence-electron chi connectivity index (χ0n) is 15.3. The highest BCUT2D eigenvalue weighted by molar-refractivity contribution is 5.94. The molecule has 3 atom stereocenters. The number of aromatic amines is 1. The number of benzene rings is 1. The van der Waals surface area contributed by atoms with Crippen LogP contribution >= 0.6 is 0 Å². The summed E-state index contributed by atoms with van der Waals surface area (Å²) in [5.74, 6) is 0.477. The summed E-state index contributed by atoms with van der Waals surface area (Å²) in [6.45, 7) is 3.56. The van der Waals surface area contributed by atoms with Crippen LogP contribution in [-0.2, 0) is 4.79 Å². The van der Waals surface area contributed by atoms with E-state index in [1.54, 1.807) is 13.0 Å². The zero-order chi connectivity index (χ0) is 19.0. The fraction of sp³-hybridized carbons (Fsp3) is 0.381. The molecule has 0 spiro atoms. The van der Waals surface area contributed by atoms with Crippen LogP contribution in [-0.4, -0.2) is 52.3 Å². The lowest BCUT2D eigenvalue weighted by Gasteiger charge is -2.38. The Hall–Kier alpha value is -2.89. The Morgan fingerprint density at radius 3 is 2.52 bits per heavy atom. The number of likely N-dealkylation sites (tertiary alicyclic amines) is 2. The van der Waals surface area contributed by atoms with Crippen LogP contribution in [0.4, 0.5) is 0 Å². The van der Waals surface area contributed by atoms with E-state index in [0.717, 1.165) is 6.42 Å². The van der Waals surface area contributed by atoms with E-state index in [9.17, 15) is 14.4 Å². The van der Waals surface area contributed by atoms with E-state index in [2.05, 4.69) is 17.1 Å². The van der Waals surface area contributed by atoms with Crippen LogP contribution in [0.3, 0.4) is 0 Å². The number of hydrogen-bond acceptors (Lipinski definition) is 3. The van der Waals surface area contributed by atoms with Crippen molar-refractivity contribution in [1.29, 1.82) is 0 Å². The van der Waals surface area contributed by atoms with Crippen LogP contribution in [0.15, 0.2) is 53.5 Å². The van der Waals surface area contributed by atoms with Crippen LogP contribution in [0.1, 0.15) is 35.2 Å². The molecule has 2 aromatic rings. The van der Waals surface area contributed by atoms with Crippen molar-refractivity contribution in [3.8, 4) is 0 Å². The van der Waals surface area contributed by atoms with Gasteiger partial charge in [0, 0.05) is 56.7 Å². The van der Waals surface area contributed by atoms with E-state index >= 15 is 0 Å². The molecule has 27 heavy (non-hydrogen) atoms. The molecule has 140 valence electrons. The van der Waals surface area contributed by atoms with Gasteiger partial charge in [0.25, 0.3) is 5.91 Å². The molecule has 1 aromatic heterocycles. The maximum Gasteiger partial charge on any atom is 0.255 e. The lowest BCUT2D eigenvalue weighted by atomic mass is 9.81. The Balaban J connectivity index is 1.59. The van der Waals surface area contributed by atoms with Gasteiger partial charge in [-0.3, -0.25) is 14.4 Å². The van der Waals surface area contributed by atoms with Gasteiger partial charge in [0.05, 0.1) is 5.56 Å². The van der Waals surface area contributed by atoms with Crippen molar-refractivity contribution in [3.63, 3.8) is 0 Å². The van der Waals surface area contributed by atoms with Crippen LogP contribution in [0.5, 0.6) is 0 Å². The summed E-state index contributed by atoms with van der Waals surface area (Å²) >= 11 is 0. The molecule has 2 saturated heterocycles. The predicted molar refractivity (Wildman–Crippen MR) is 101 cm³/mol. The van der Waals surface area contributed by atoms with Crippen molar-refractivity contribution in [2.75, 3.05) is 19.6 Å². The summed E-state index contributed by atoms with van der Waals surface area (Å²) < 4.78 is 0. The van der Waals surface area contributed by atoms with Gasteiger partial charge in [-0.15, -0.1) is 0 Å². The second kappa shape index (κ2) is 7.02. The molecule has 0 unspecified atom stereocenters. The number of nitrogens with zero attached hydrogens (tertiary/aromatic N) is 2. The first-order valence-corrected chi connectivity index (χ1v) is 9.35. The third-order valence-corrected chi connectivity index (χ3v) is 5.88. The number of hydrogen-bond donors (Lipinski definition) is 1. The maximum absolute atomic E-state index is 12.9. The van der Waals surface area contributed by atoms with Crippen LogP contribution < -0.4 is 5.56 Å². The molecule has 2 fully saturated rings. The number of carbonyl (C=O) groups excluding carboxylic acids is 2. The van der Waals surface area contributed by atoms with Gasteiger partial charge in [0.2, 0.25) is 11.5 Å². The third kappa shape index (κ3) is 3.27. The number of aromatic nitrogens is 1. The monoisotopic (exact) mass is 365 g/mol. The summed E-state index contributed by atoms with van der Waals surface area (Å²) in [4.78, 5) is 42.7. The number of pyridine rings is 1. The molecule has 6 heteroatoms. The number of piperidine rings is 1. The molecule has 2 amide bonds. The average molecular weight is 365 g/mol. The first kappa shape index (κ1) is 17.5. The van der Waals surface area contributed by atoms with Crippen molar-refractivity contribution < 1.29 is 9.59 Å². The maximum atomic E-state index is 12.9. The number of fused-ring (bicyclic) bond motifs is 1. The summed E-state index contributed by atoms with van der Waals surface area (Å²) in [7, 11) is 0. The highest BCUT2D eigenvalue weighted by Gasteiger charge is 2.46. The Morgan fingerprint density at radius 1 is 1.07 bits per heavy atom. The third-order valence-electron chi connectivity index (χ3n) is 5.88. The molecule has 6 nitrogen and oxygen atoms in total. The van der Waals surface area contributed by atoms with Crippen molar-refractivity contribution >= 4 is 11.8 Å². The SMILES string of the molecule is CC(=O)N1C[C@H](c2ccccc2)[C@H]2CN(C(=O)c3ccc(=O)[nH]c3)CC[C@H]21. The summed E-state index contributed by atoms with van der Waals surface area (Å²) in [5.41, 5.74) is 1.49. The lowest BCUT2D eigenvalue weighted by Crippen LogP contribution is -2.49. The van der Waals surface area contributed by atoms with Crippen molar-refractivity contribution in [2.24, 2.45) is 5.92 Å². The van der Waals surface area contributed by atoms with Crippen LogP contribution in [0.25, 0.3) is 0 Å². The molecule has 2 aliphatic rings. The Kier molecular flexibility index (Phi) is 4.56. The van der Waals surface area contributed by atoms with Gasteiger partial charge in [0.1, 0.15) is 0 Å². The van der Waals surface area contributed by atoms with Gasteiger partial charge in [-0.1, -0.05) is 30.3 Å². The van der Waals surface area contributed by atoms with Crippen LogP contribution in [0, 0.1) is 5.92 Å². The van der Waals surface area contributed by atoms with E-state index in [1.807, 2.05) is 28.0 Å². The predicted octanol–water partition coefficient (Wildman–Crippen LogP) is 1.85. The van der Waals surface area contributed by atoms with Gasteiger partial charge >= 0.3 is 0 Å². The zero-order valence-corrected chi connectivity index (χ0v) is 15.3. The van der Waals surface area contributed by atoms with Gasteiger partial charge in [-0.2, -0.15) is 0 Å². The number of nitrogens with one attached hydrogen (secondary N) is 1. The van der Waals surface area contributed by atoms with E-state index in [-0.39, 0.29) is 35.3 Å². The smallest absolute Gasteiger partial charge is 0.255 e. The first-order chi connectivity index (χ1) is 13.0. The Morgan fingerprint density at radius 2 is 1.85 bits per heavy atom. The number of carbonyl (C=O) groups is 2. The van der Waals surface area contributed by atoms with Gasteiger partial charge < -0.3 is 14.8 Å². The highest BCUT2D eigenvalue weighted by atomic mass is 16.2. The Bertz CT molecular complexity index is 888. The largest absolute Gasteiger partial charge is 0.339 e. The summed E-state index contributed by atoms with van der Waals surface area (Å²) in [5, 5.41) is 0. The lowest BCUT2D eigenvalue weighted by molar-refractivity contribution is -0.130. The number of rotatable bonds is 2. The summed E-state index contributed by atoms with van der Waals surface area (Å²) in [6, 6.07) is 13.4. The minimum absolute atomic E-state index is 0.0715. The fourth-order valence-corrected chi connectivity index (χ4v) is 4.56. The van der Waals surface area contributed by atoms with E-state index in [1.165, 1.54) is 17.8 Å². The molecule has 1 aromatic carbocycles. The molecular formula is C21H23N3O3. The van der Waals surface area contributed by atoms with Gasteiger partial charge in [-0.25, -0.2) is 0 Å². The second-order valence-electron chi connectivity index (χ2n) is 7.40. The minimum Gasteiger partial charge on any atom is -0.339 e. The second-order valence-corrected chi connectivity index (χ2v) is 7.40. The molecule has 0 radical (unpaired) electrons. The molecule has 1 N–H and O–H groups in total. The number of amides is 2. The molecular weight excluding hydrogens is 342 g/mol. The van der Waals surface area contributed by atoms with E-state index < -0.39 is 0 Å². The molecule has 2 aliphatic heterocycles. The Labute approximate surface area is 157 Å². The van der Waals surface area contributed by atoms with Crippen molar-refractivity contribution in [2.45, 2.75) is 25.3 Å². The topological polar surface area (TPSA) is 73.5 Å². The van der Waals surface area contributed by atoms with Gasteiger partial charge in [0.15, 0.2) is 0 Å². The molecule has 0 aliphatic carbocycles.